The summed E-state index contributed by atoms with van der Waals surface area (Å²) in [4.78, 5) is 0. The summed E-state index contributed by atoms with van der Waals surface area (Å²) in [5.41, 5.74) is 0. The van der Waals surface area contributed by atoms with Crippen LogP contribution in [0.15, 0.2) is 22.8 Å². The van der Waals surface area contributed by atoms with E-state index in [2.05, 4.69) is 12.2 Å². The van der Waals surface area contributed by atoms with Crippen molar-refractivity contribution in [1.29, 1.82) is 0 Å². The molecule has 1 N–H and O–H groups in total. The minimum atomic E-state index is 0.527. The zero-order valence-corrected chi connectivity index (χ0v) is 12.2. The van der Waals surface area contributed by atoms with Gasteiger partial charge < -0.3 is 19.2 Å². The Kier molecular flexibility index (Phi) is 9.41. The van der Waals surface area contributed by atoms with Crippen LogP contribution in [-0.4, -0.2) is 39.5 Å². The molecule has 1 aromatic heterocycles. The summed E-state index contributed by atoms with van der Waals surface area (Å²) in [7, 11) is 1.69. The van der Waals surface area contributed by atoms with E-state index in [-0.39, 0.29) is 0 Å². The van der Waals surface area contributed by atoms with Crippen LogP contribution in [0.3, 0.4) is 0 Å². The molecule has 0 aliphatic rings. The summed E-state index contributed by atoms with van der Waals surface area (Å²) in [5, 5.41) is 3.53. The highest BCUT2D eigenvalue weighted by Crippen LogP contribution is 2.05. The molecule has 0 aliphatic heterocycles. The average Bonchev–Trinajstić information content (AvgIpc) is 2.93. The molecule has 1 unspecified atom stereocenters. The fourth-order valence-corrected chi connectivity index (χ4v) is 1.84. The summed E-state index contributed by atoms with van der Waals surface area (Å²) in [6.45, 7) is 5.47. The maximum atomic E-state index is 5.41. The average molecular weight is 269 g/mol. The number of ether oxygens (including phenoxy) is 2. The Morgan fingerprint density at radius 3 is 2.89 bits per heavy atom. The topological polar surface area (TPSA) is 43.6 Å². The van der Waals surface area contributed by atoms with Gasteiger partial charge in [-0.25, -0.2) is 0 Å². The molecule has 0 aromatic carbocycles. The van der Waals surface area contributed by atoms with Crippen LogP contribution in [0.4, 0.5) is 0 Å². The van der Waals surface area contributed by atoms with E-state index in [1.54, 1.807) is 13.4 Å². The predicted molar refractivity (Wildman–Crippen MR) is 76.4 cm³/mol. The third kappa shape index (κ3) is 8.81. The number of methoxy groups -OCH3 is 1. The molecule has 0 aliphatic carbocycles. The molecule has 0 amide bonds. The first-order valence-electron chi connectivity index (χ1n) is 7.15. The van der Waals surface area contributed by atoms with Crippen LogP contribution in [-0.2, 0) is 15.9 Å². The van der Waals surface area contributed by atoms with E-state index in [1.165, 1.54) is 0 Å². The van der Waals surface area contributed by atoms with Crippen LogP contribution < -0.4 is 5.32 Å². The normalized spacial score (nSPS) is 12.7. The molecule has 1 aromatic rings. The Balaban J connectivity index is 1.86. The predicted octanol–water partition coefficient (Wildman–Crippen LogP) is 2.63. The van der Waals surface area contributed by atoms with Crippen molar-refractivity contribution in [3.8, 4) is 0 Å². The Morgan fingerprint density at radius 2 is 2.16 bits per heavy atom. The molecule has 0 radical (unpaired) electrons. The molecule has 0 fully saturated rings. The summed E-state index contributed by atoms with van der Waals surface area (Å²) in [6, 6.07) is 4.50. The third-order valence-electron chi connectivity index (χ3n) is 3.04. The van der Waals surface area contributed by atoms with E-state index < -0.39 is 0 Å². The molecule has 0 saturated heterocycles. The maximum absolute atomic E-state index is 5.41. The number of unbranched alkanes of at least 4 members (excludes halogenated alkanes) is 1. The molecule has 0 bridgehead atoms. The molecule has 1 atom stereocenters. The number of furan rings is 1. The van der Waals surface area contributed by atoms with Crippen molar-refractivity contribution in [1.82, 2.24) is 5.32 Å². The molecule has 4 nitrogen and oxygen atoms in total. The second-order valence-corrected chi connectivity index (χ2v) is 4.79. The molecule has 0 saturated carbocycles. The van der Waals surface area contributed by atoms with Crippen molar-refractivity contribution in [3.05, 3.63) is 24.2 Å². The van der Waals surface area contributed by atoms with Crippen molar-refractivity contribution >= 4 is 0 Å². The van der Waals surface area contributed by atoms with E-state index in [1.807, 2.05) is 12.1 Å². The maximum Gasteiger partial charge on any atom is 0.103 e. The molecule has 19 heavy (non-hydrogen) atoms. The number of rotatable bonds is 12. The zero-order valence-electron chi connectivity index (χ0n) is 12.2. The summed E-state index contributed by atoms with van der Waals surface area (Å²) in [5.74, 6) is 1.07. The van der Waals surface area contributed by atoms with E-state index in [0.717, 1.165) is 44.6 Å². The van der Waals surface area contributed by atoms with Gasteiger partial charge in [-0.05, 0) is 44.9 Å². The van der Waals surface area contributed by atoms with Crippen LogP contribution in [0.1, 0.15) is 31.9 Å². The molecule has 4 heteroatoms. The van der Waals surface area contributed by atoms with Gasteiger partial charge in [0.2, 0.25) is 0 Å². The van der Waals surface area contributed by atoms with Crippen molar-refractivity contribution in [2.45, 2.75) is 38.6 Å². The highest BCUT2D eigenvalue weighted by atomic mass is 16.5. The van der Waals surface area contributed by atoms with Gasteiger partial charge in [-0.2, -0.15) is 0 Å². The Hall–Kier alpha value is -0.840. The lowest BCUT2D eigenvalue weighted by molar-refractivity contribution is 0.0687. The fourth-order valence-electron chi connectivity index (χ4n) is 1.84. The van der Waals surface area contributed by atoms with Crippen LogP contribution >= 0.6 is 0 Å². The first kappa shape index (κ1) is 16.2. The summed E-state index contributed by atoms with van der Waals surface area (Å²) in [6.07, 6.45) is 6.09. The Morgan fingerprint density at radius 1 is 1.26 bits per heavy atom. The first-order valence-corrected chi connectivity index (χ1v) is 7.15. The molecule has 0 spiro atoms. The lowest BCUT2D eigenvalue weighted by atomic mass is 10.1. The summed E-state index contributed by atoms with van der Waals surface area (Å²) < 4.78 is 15.6. The van der Waals surface area contributed by atoms with Crippen molar-refractivity contribution < 1.29 is 13.9 Å². The quantitative estimate of drug-likeness (QED) is 0.592. The van der Waals surface area contributed by atoms with Gasteiger partial charge in [0.05, 0.1) is 19.5 Å². The molecule has 110 valence electrons. The molecule has 1 rings (SSSR count). The van der Waals surface area contributed by atoms with Crippen LogP contribution in [0, 0.1) is 0 Å². The minimum Gasteiger partial charge on any atom is -0.469 e. The van der Waals surface area contributed by atoms with Gasteiger partial charge in [0.15, 0.2) is 0 Å². The molecular weight excluding hydrogens is 242 g/mol. The lowest BCUT2D eigenvalue weighted by Crippen LogP contribution is -2.27. The summed E-state index contributed by atoms with van der Waals surface area (Å²) >= 11 is 0. The van der Waals surface area contributed by atoms with Gasteiger partial charge in [0.1, 0.15) is 5.76 Å². The number of hydrogen-bond donors (Lipinski definition) is 1. The fraction of sp³-hybridized carbons (Fsp3) is 0.733. The van der Waals surface area contributed by atoms with E-state index >= 15 is 0 Å². The van der Waals surface area contributed by atoms with Crippen molar-refractivity contribution in [2.24, 2.45) is 0 Å². The number of hydrogen-bond acceptors (Lipinski definition) is 4. The Labute approximate surface area is 116 Å². The highest BCUT2D eigenvalue weighted by molar-refractivity contribution is 4.98. The van der Waals surface area contributed by atoms with Crippen LogP contribution in [0.25, 0.3) is 0 Å². The van der Waals surface area contributed by atoms with Gasteiger partial charge in [-0.15, -0.1) is 0 Å². The standard InChI is InChI=1S/C15H27NO3/c1-14(7-8-15-6-5-11-19-15)16-9-3-4-10-18-13-12-17-2/h5-6,11,14,16H,3-4,7-10,12-13H2,1-2H3. The second-order valence-electron chi connectivity index (χ2n) is 4.79. The van der Waals surface area contributed by atoms with Gasteiger partial charge in [0.25, 0.3) is 0 Å². The van der Waals surface area contributed by atoms with E-state index in [9.17, 15) is 0 Å². The monoisotopic (exact) mass is 269 g/mol. The largest absolute Gasteiger partial charge is 0.469 e. The van der Waals surface area contributed by atoms with Crippen molar-refractivity contribution in [2.75, 3.05) is 33.5 Å². The van der Waals surface area contributed by atoms with Crippen LogP contribution in [0.2, 0.25) is 0 Å². The van der Waals surface area contributed by atoms with Gasteiger partial charge in [-0.1, -0.05) is 0 Å². The van der Waals surface area contributed by atoms with E-state index in [4.69, 9.17) is 13.9 Å². The lowest BCUT2D eigenvalue weighted by Gasteiger charge is -2.12. The van der Waals surface area contributed by atoms with Crippen molar-refractivity contribution in [3.63, 3.8) is 0 Å². The number of aryl methyl sites for hydroxylation is 1. The highest BCUT2D eigenvalue weighted by Gasteiger charge is 2.03. The zero-order chi connectivity index (χ0) is 13.8. The number of nitrogens with one attached hydrogen (secondary N) is 1. The van der Waals surface area contributed by atoms with Gasteiger partial charge in [-0.3, -0.25) is 0 Å². The Bertz CT molecular complexity index is 288. The molecular formula is C15H27NO3. The third-order valence-corrected chi connectivity index (χ3v) is 3.04. The second kappa shape index (κ2) is 11.0. The van der Waals surface area contributed by atoms with Gasteiger partial charge in [0, 0.05) is 26.2 Å². The minimum absolute atomic E-state index is 0.527. The molecule has 1 heterocycles. The smallest absolute Gasteiger partial charge is 0.103 e. The first-order chi connectivity index (χ1) is 9.33. The van der Waals surface area contributed by atoms with E-state index in [0.29, 0.717) is 19.3 Å². The van der Waals surface area contributed by atoms with Crippen LogP contribution in [0.5, 0.6) is 0 Å². The SMILES string of the molecule is COCCOCCCCNC(C)CCc1ccco1. The van der Waals surface area contributed by atoms with Gasteiger partial charge >= 0.3 is 0 Å².